The van der Waals surface area contributed by atoms with E-state index >= 15 is 0 Å². The monoisotopic (exact) mass is 302 g/mol. The molecule has 7 nitrogen and oxygen atoms in total. The van der Waals surface area contributed by atoms with Crippen LogP contribution in [0.1, 0.15) is 10.4 Å². The molecule has 0 atom stereocenters. The Morgan fingerprint density at radius 1 is 1.32 bits per heavy atom. The Hall–Kier alpha value is -2.25. The normalized spacial score (nSPS) is 16.0. The van der Waals surface area contributed by atoms with E-state index in [0.29, 0.717) is 30.8 Å². The highest BCUT2D eigenvalue weighted by atomic mass is 16.5. The van der Waals surface area contributed by atoms with Crippen molar-refractivity contribution in [3.05, 3.63) is 40.3 Å². The van der Waals surface area contributed by atoms with Crippen molar-refractivity contribution >= 4 is 16.9 Å². The van der Waals surface area contributed by atoms with Crippen LogP contribution >= 0.6 is 0 Å². The molecule has 0 spiro atoms. The molecule has 0 unspecified atom stereocenters. The minimum atomic E-state index is -0.724. The highest BCUT2D eigenvalue weighted by molar-refractivity contribution is 5.95. The Bertz CT molecular complexity index is 750. The van der Waals surface area contributed by atoms with Gasteiger partial charge >= 0.3 is 0 Å². The molecular formula is C15H18N4O3. The molecule has 1 fully saturated rings. The van der Waals surface area contributed by atoms with Crippen molar-refractivity contribution in [3.63, 3.8) is 0 Å². The van der Waals surface area contributed by atoms with Crippen LogP contribution in [-0.2, 0) is 11.3 Å². The van der Waals surface area contributed by atoms with Crippen LogP contribution in [-0.4, -0.2) is 53.2 Å². The van der Waals surface area contributed by atoms with Gasteiger partial charge in [-0.3, -0.25) is 19.5 Å². The molecule has 2 N–H and O–H groups in total. The van der Waals surface area contributed by atoms with E-state index in [1.54, 1.807) is 16.8 Å². The minimum absolute atomic E-state index is 0.0202. The van der Waals surface area contributed by atoms with Crippen LogP contribution < -0.4 is 11.3 Å². The fourth-order valence-corrected chi connectivity index (χ4v) is 2.67. The Kier molecular flexibility index (Phi) is 4.17. The van der Waals surface area contributed by atoms with Crippen molar-refractivity contribution in [3.8, 4) is 0 Å². The van der Waals surface area contributed by atoms with Crippen molar-refractivity contribution in [1.29, 1.82) is 0 Å². The predicted molar refractivity (Wildman–Crippen MR) is 81.8 cm³/mol. The van der Waals surface area contributed by atoms with Crippen LogP contribution in [0.25, 0.3) is 11.0 Å². The number of primary amides is 1. The van der Waals surface area contributed by atoms with Crippen LogP contribution in [0, 0.1) is 0 Å². The zero-order chi connectivity index (χ0) is 15.5. The number of aromatic nitrogens is 2. The first-order chi connectivity index (χ1) is 10.7. The summed E-state index contributed by atoms with van der Waals surface area (Å²) in [7, 11) is 0. The number of ether oxygens (including phenoxy) is 1. The van der Waals surface area contributed by atoms with Gasteiger partial charge in [0, 0.05) is 32.4 Å². The molecule has 1 aliphatic rings. The van der Waals surface area contributed by atoms with Crippen LogP contribution in [0.15, 0.2) is 29.2 Å². The third-order valence-electron chi connectivity index (χ3n) is 3.87. The highest BCUT2D eigenvalue weighted by Crippen LogP contribution is 2.11. The highest BCUT2D eigenvalue weighted by Gasteiger charge is 2.15. The van der Waals surface area contributed by atoms with E-state index in [0.717, 1.165) is 19.6 Å². The molecule has 2 aromatic heterocycles. The van der Waals surface area contributed by atoms with Gasteiger partial charge in [-0.25, -0.2) is 0 Å². The first-order valence-corrected chi connectivity index (χ1v) is 7.25. The second-order valence-electron chi connectivity index (χ2n) is 5.24. The fraction of sp³-hybridized carbons (Fsp3) is 0.400. The molecule has 7 heteroatoms. The van der Waals surface area contributed by atoms with E-state index in [9.17, 15) is 9.59 Å². The van der Waals surface area contributed by atoms with Gasteiger partial charge in [0.05, 0.1) is 24.2 Å². The predicted octanol–water partition coefficient (Wildman–Crippen LogP) is -0.172. The number of hydrogen-bond acceptors (Lipinski definition) is 5. The van der Waals surface area contributed by atoms with Gasteiger partial charge in [0.15, 0.2) is 0 Å². The van der Waals surface area contributed by atoms with Crippen molar-refractivity contribution in [1.82, 2.24) is 14.5 Å². The lowest BCUT2D eigenvalue weighted by Crippen LogP contribution is -2.40. The fourth-order valence-electron chi connectivity index (χ4n) is 2.67. The number of carbonyl (C=O) groups is 1. The minimum Gasteiger partial charge on any atom is -0.379 e. The molecule has 3 heterocycles. The number of carbonyl (C=O) groups excluding carboxylic acids is 1. The zero-order valence-electron chi connectivity index (χ0n) is 12.2. The molecular weight excluding hydrogens is 284 g/mol. The van der Waals surface area contributed by atoms with Crippen LogP contribution in [0.2, 0.25) is 0 Å². The van der Waals surface area contributed by atoms with E-state index in [1.807, 2.05) is 6.07 Å². The van der Waals surface area contributed by atoms with Gasteiger partial charge in [0.1, 0.15) is 5.56 Å². The molecule has 0 bridgehead atoms. The molecule has 116 valence electrons. The molecule has 2 aromatic rings. The number of morpholine rings is 1. The number of hydrogen-bond donors (Lipinski definition) is 1. The summed E-state index contributed by atoms with van der Waals surface area (Å²) < 4.78 is 6.90. The average Bonchev–Trinajstić information content (AvgIpc) is 2.54. The van der Waals surface area contributed by atoms with E-state index in [-0.39, 0.29) is 11.1 Å². The molecule has 3 rings (SSSR count). The lowest BCUT2D eigenvalue weighted by atomic mass is 10.2. The second kappa shape index (κ2) is 6.25. The van der Waals surface area contributed by atoms with E-state index in [2.05, 4.69) is 9.88 Å². The van der Waals surface area contributed by atoms with Crippen molar-refractivity contribution in [2.45, 2.75) is 6.54 Å². The summed E-state index contributed by atoms with van der Waals surface area (Å²) in [6, 6.07) is 5.07. The SMILES string of the molecule is NC(=O)c1cc2ncccc2n(CCN2CCOCC2)c1=O. The van der Waals surface area contributed by atoms with E-state index in [4.69, 9.17) is 10.5 Å². The van der Waals surface area contributed by atoms with Crippen LogP contribution in [0.3, 0.4) is 0 Å². The number of amides is 1. The quantitative estimate of drug-likeness (QED) is 0.846. The van der Waals surface area contributed by atoms with Crippen LogP contribution in [0.4, 0.5) is 0 Å². The summed E-state index contributed by atoms with van der Waals surface area (Å²) in [6.45, 7) is 4.32. The average molecular weight is 302 g/mol. The Balaban J connectivity index is 1.97. The molecule has 0 aliphatic carbocycles. The Morgan fingerprint density at radius 3 is 2.82 bits per heavy atom. The molecule has 1 aliphatic heterocycles. The van der Waals surface area contributed by atoms with Gasteiger partial charge in [-0.05, 0) is 18.2 Å². The Morgan fingerprint density at radius 2 is 2.09 bits per heavy atom. The second-order valence-corrected chi connectivity index (χ2v) is 5.24. The van der Waals surface area contributed by atoms with Crippen molar-refractivity contribution in [2.24, 2.45) is 5.73 Å². The lowest BCUT2D eigenvalue weighted by Gasteiger charge is -2.27. The van der Waals surface area contributed by atoms with Gasteiger partial charge in [-0.1, -0.05) is 0 Å². The van der Waals surface area contributed by atoms with Gasteiger partial charge in [0.2, 0.25) is 0 Å². The summed E-state index contributed by atoms with van der Waals surface area (Å²) in [4.78, 5) is 30.4. The first kappa shape index (κ1) is 14.7. The topological polar surface area (TPSA) is 90.5 Å². The molecule has 0 aromatic carbocycles. The third kappa shape index (κ3) is 2.86. The number of pyridine rings is 2. The first-order valence-electron chi connectivity index (χ1n) is 7.25. The molecule has 1 saturated heterocycles. The van der Waals surface area contributed by atoms with Gasteiger partial charge in [-0.15, -0.1) is 0 Å². The van der Waals surface area contributed by atoms with E-state index in [1.165, 1.54) is 6.07 Å². The summed E-state index contributed by atoms with van der Waals surface area (Å²) in [6.07, 6.45) is 1.63. The summed E-state index contributed by atoms with van der Waals surface area (Å²) in [5.74, 6) is -0.724. The van der Waals surface area contributed by atoms with Crippen LogP contribution in [0.5, 0.6) is 0 Å². The van der Waals surface area contributed by atoms with Gasteiger partial charge < -0.3 is 15.0 Å². The van der Waals surface area contributed by atoms with Crippen molar-refractivity contribution < 1.29 is 9.53 Å². The maximum absolute atomic E-state index is 12.5. The molecule has 1 amide bonds. The number of rotatable bonds is 4. The van der Waals surface area contributed by atoms with Gasteiger partial charge in [-0.2, -0.15) is 0 Å². The number of nitrogens with two attached hydrogens (primary N) is 1. The smallest absolute Gasteiger partial charge is 0.264 e. The van der Waals surface area contributed by atoms with Crippen molar-refractivity contribution in [2.75, 3.05) is 32.8 Å². The summed E-state index contributed by atoms with van der Waals surface area (Å²) >= 11 is 0. The number of nitrogens with zero attached hydrogens (tertiary/aromatic N) is 3. The van der Waals surface area contributed by atoms with Gasteiger partial charge in [0.25, 0.3) is 11.5 Å². The maximum atomic E-state index is 12.5. The molecule has 0 radical (unpaired) electrons. The third-order valence-corrected chi connectivity index (χ3v) is 3.87. The standard InChI is InChI=1S/C15H18N4O3/c16-14(20)11-10-12-13(2-1-3-17-12)19(15(11)21)5-4-18-6-8-22-9-7-18/h1-3,10H,4-9H2,(H2,16,20). The zero-order valence-corrected chi connectivity index (χ0v) is 12.2. The largest absolute Gasteiger partial charge is 0.379 e. The lowest BCUT2D eigenvalue weighted by molar-refractivity contribution is 0.0364. The van der Waals surface area contributed by atoms with E-state index < -0.39 is 5.91 Å². The summed E-state index contributed by atoms with van der Waals surface area (Å²) in [5, 5.41) is 0. The Labute approximate surface area is 127 Å². The number of fused-ring (bicyclic) bond motifs is 1. The maximum Gasteiger partial charge on any atom is 0.264 e. The molecule has 0 saturated carbocycles. The summed E-state index contributed by atoms with van der Waals surface area (Å²) in [5.41, 5.74) is 6.24. The molecule has 22 heavy (non-hydrogen) atoms.